The first kappa shape index (κ1) is 3.29. The second-order valence-corrected chi connectivity index (χ2v) is 1.94. The van der Waals surface area contributed by atoms with Crippen LogP contribution in [0.4, 0.5) is 0 Å². The molecule has 0 saturated heterocycles. The molecule has 0 N–H and O–H groups in total. The first-order chi connectivity index (χ1) is 4.61. The van der Waals surface area contributed by atoms with E-state index in [1.807, 2.05) is 19.9 Å². The minimum absolute atomic E-state index is 0.454. The molecule has 0 amide bonds. The van der Waals surface area contributed by atoms with Crippen LogP contribution in [-0.2, 0) is 0 Å². The van der Waals surface area contributed by atoms with Crippen LogP contribution in [-0.4, -0.2) is 0 Å². The predicted octanol–water partition coefficient (Wildman–Crippen LogP) is 2.30. The molecule has 0 saturated carbocycles. The molecule has 0 aromatic heterocycles. The van der Waals surface area contributed by atoms with Crippen molar-refractivity contribution in [1.82, 2.24) is 0 Å². The molecule has 0 aliphatic rings. The van der Waals surface area contributed by atoms with Crippen molar-refractivity contribution >= 4 is 0 Å². The molecule has 0 aliphatic heterocycles. The Balaban J connectivity index is 3.28. The van der Waals surface area contributed by atoms with Gasteiger partial charge in [0.05, 0.1) is 2.74 Å². The van der Waals surface area contributed by atoms with Crippen LogP contribution in [0.5, 0.6) is 0 Å². The van der Waals surface area contributed by atoms with E-state index in [1.165, 1.54) is 0 Å². The van der Waals surface area contributed by atoms with E-state index in [0.717, 1.165) is 11.1 Å². The van der Waals surface area contributed by atoms with Gasteiger partial charge in [-0.3, -0.25) is 0 Å². The molecule has 0 nitrogen and oxygen atoms in total. The van der Waals surface area contributed by atoms with Gasteiger partial charge in [-0.25, -0.2) is 0 Å². The van der Waals surface area contributed by atoms with E-state index < -0.39 is 0 Å². The largest absolute Gasteiger partial charge is 0.0626 e. The Morgan fingerprint density at radius 3 is 2.12 bits per heavy atom. The van der Waals surface area contributed by atoms with E-state index in [-0.39, 0.29) is 0 Å². The van der Waals surface area contributed by atoms with Crippen molar-refractivity contribution in [2.45, 2.75) is 13.8 Å². The Kier molecular flexibility index (Phi) is 0.819. The second-order valence-electron chi connectivity index (χ2n) is 1.94. The molecule has 0 bridgehead atoms. The number of aryl methyl sites for hydroxylation is 2. The van der Waals surface area contributed by atoms with Gasteiger partial charge < -0.3 is 0 Å². The van der Waals surface area contributed by atoms with Crippen LogP contribution >= 0.6 is 0 Å². The molecule has 1 aromatic rings. The Morgan fingerprint density at radius 2 is 1.75 bits per heavy atom. The highest BCUT2D eigenvalue weighted by Gasteiger charge is 1.80. The highest BCUT2D eigenvalue weighted by molar-refractivity contribution is 5.20. The minimum Gasteiger partial charge on any atom is -0.0617 e. The molecule has 1 rings (SSSR count). The normalized spacial score (nSPS) is 12.8. The molecule has 42 valence electrons. The summed E-state index contributed by atoms with van der Waals surface area (Å²) in [5.74, 6) is 0. The monoisotopic (exact) mass is 108 g/mol. The van der Waals surface area contributed by atoms with E-state index in [2.05, 4.69) is 0 Å². The molecule has 0 heterocycles. The molecule has 8 heavy (non-hydrogen) atoms. The van der Waals surface area contributed by atoms with Gasteiger partial charge in [0.15, 0.2) is 0 Å². The zero-order chi connectivity index (χ0) is 7.72. The number of hydrogen-bond donors (Lipinski definition) is 0. The Labute approximate surface area is 53.0 Å². The molecule has 0 atom stereocenters. The quantitative estimate of drug-likeness (QED) is 0.478. The third-order valence-electron chi connectivity index (χ3n) is 1.03. The standard InChI is InChI=1S/C8H10/c1-7-4-3-5-8(2)6-7/h3-6H,1-2H3/i4D,5D. The van der Waals surface area contributed by atoms with Crippen molar-refractivity contribution in [3.05, 3.63) is 35.3 Å². The van der Waals surface area contributed by atoms with E-state index in [1.54, 1.807) is 6.07 Å². The third kappa shape index (κ3) is 1.09. The van der Waals surface area contributed by atoms with Crippen molar-refractivity contribution in [1.29, 1.82) is 0 Å². The first-order valence-electron chi connectivity index (χ1n) is 3.65. The average Bonchev–Trinajstić information content (AvgIpc) is 1.84. The summed E-state index contributed by atoms with van der Waals surface area (Å²) in [6.07, 6.45) is 0. The summed E-state index contributed by atoms with van der Waals surface area (Å²) in [5, 5.41) is 0. The van der Waals surface area contributed by atoms with Gasteiger partial charge in [0, 0.05) is 0 Å². The van der Waals surface area contributed by atoms with Crippen LogP contribution in [0.1, 0.15) is 13.9 Å². The maximum Gasteiger partial charge on any atom is 0.0626 e. The van der Waals surface area contributed by atoms with Gasteiger partial charge in [-0.15, -0.1) is 0 Å². The summed E-state index contributed by atoms with van der Waals surface area (Å²) >= 11 is 0. The molecule has 1 aromatic carbocycles. The van der Waals surface area contributed by atoms with Crippen molar-refractivity contribution < 1.29 is 2.74 Å². The summed E-state index contributed by atoms with van der Waals surface area (Å²) < 4.78 is 14.7. The fourth-order valence-electron chi connectivity index (χ4n) is 0.672. The van der Waals surface area contributed by atoms with Crippen LogP contribution in [0.2, 0.25) is 0 Å². The second kappa shape index (κ2) is 1.99. The van der Waals surface area contributed by atoms with E-state index in [9.17, 15) is 0 Å². The van der Waals surface area contributed by atoms with E-state index in [4.69, 9.17) is 2.74 Å². The molecule has 0 aliphatic carbocycles. The highest BCUT2D eigenvalue weighted by atomic mass is 13.9. The lowest BCUT2D eigenvalue weighted by Gasteiger charge is -1.90. The summed E-state index contributed by atoms with van der Waals surface area (Å²) in [7, 11) is 0. The van der Waals surface area contributed by atoms with Crippen LogP contribution in [0.25, 0.3) is 0 Å². The highest BCUT2D eigenvalue weighted by Crippen LogP contribution is 2.00. The van der Waals surface area contributed by atoms with Gasteiger partial charge in [-0.05, 0) is 13.8 Å². The molecule has 0 heteroatoms. The van der Waals surface area contributed by atoms with Gasteiger partial charge in [0.1, 0.15) is 0 Å². The number of benzene rings is 1. The summed E-state index contributed by atoms with van der Waals surface area (Å²) in [5.41, 5.74) is 1.88. The van der Waals surface area contributed by atoms with Gasteiger partial charge in [-0.2, -0.15) is 0 Å². The van der Waals surface area contributed by atoms with Crippen LogP contribution in [0.15, 0.2) is 24.2 Å². The maximum absolute atomic E-state index is 7.34. The van der Waals surface area contributed by atoms with E-state index in [0.29, 0.717) is 12.1 Å². The maximum atomic E-state index is 7.34. The predicted molar refractivity (Wildman–Crippen MR) is 35.9 cm³/mol. The summed E-state index contributed by atoms with van der Waals surface area (Å²) in [4.78, 5) is 0. The molecule has 0 radical (unpaired) electrons. The van der Waals surface area contributed by atoms with Crippen molar-refractivity contribution in [3.8, 4) is 0 Å². The third-order valence-corrected chi connectivity index (χ3v) is 1.03. The fraction of sp³-hybridized carbons (Fsp3) is 0.250. The van der Waals surface area contributed by atoms with Gasteiger partial charge >= 0.3 is 0 Å². The van der Waals surface area contributed by atoms with Gasteiger partial charge in [0.2, 0.25) is 0 Å². The Morgan fingerprint density at radius 1 is 1.25 bits per heavy atom. The van der Waals surface area contributed by atoms with E-state index >= 15 is 0 Å². The zero-order valence-corrected chi connectivity index (χ0v) is 5.15. The zero-order valence-electron chi connectivity index (χ0n) is 7.15. The molecular weight excluding hydrogens is 96.1 g/mol. The number of hydrogen-bond acceptors (Lipinski definition) is 0. The average molecular weight is 108 g/mol. The van der Waals surface area contributed by atoms with Crippen LogP contribution in [0.3, 0.4) is 0 Å². The molecule has 0 unspecified atom stereocenters. The topological polar surface area (TPSA) is 0 Å². The molecule has 0 spiro atoms. The minimum atomic E-state index is 0.454. The lowest BCUT2D eigenvalue weighted by atomic mass is 10.2. The Hall–Kier alpha value is -0.780. The fourth-order valence-corrected chi connectivity index (χ4v) is 0.672. The van der Waals surface area contributed by atoms with Crippen LogP contribution in [0, 0.1) is 13.8 Å². The summed E-state index contributed by atoms with van der Waals surface area (Å²) in [6.45, 7) is 3.77. The van der Waals surface area contributed by atoms with Crippen LogP contribution < -0.4 is 0 Å². The van der Waals surface area contributed by atoms with Crippen molar-refractivity contribution in [2.75, 3.05) is 0 Å². The van der Waals surface area contributed by atoms with Gasteiger partial charge in [-0.1, -0.05) is 35.3 Å². The smallest absolute Gasteiger partial charge is 0.0617 e. The molecular formula is C8H10. The van der Waals surface area contributed by atoms with Crippen molar-refractivity contribution in [3.63, 3.8) is 0 Å². The van der Waals surface area contributed by atoms with Gasteiger partial charge in [0.25, 0.3) is 0 Å². The summed E-state index contributed by atoms with van der Waals surface area (Å²) in [6, 6.07) is 4.35. The molecule has 0 fully saturated rings. The SMILES string of the molecule is [2H]c1cc([2H])c(C)cc1C. The Bertz CT molecular complexity index is 203. The lowest BCUT2D eigenvalue weighted by Crippen LogP contribution is -1.71. The van der Waals surface area contributed by atoms with Crippen molar-refractivity contribution in [2.24, 2.45) is 0 Å². The first-order valence-corrected chi connectivity index (χ1v) is 2.65. The lowest BCUT2D eigenvalue weighted by molar-refractivity contribution is 1.39. The number of rotatable bonds is 0.